The molecule has 2 atom stereocenters. The van der Waals surface area contributed by atoms with Gasteiger partial charge in [0.2, 0.25) is 0 Å². The first kappa shape index (κ1) is 20.9. The number of nitrogens with one attached hydrogen (secondary N) is 2. The molecule has 0 heterocycles. The second kappa shape index (κ2) is 9.33. The summed E-state index contributed by atoms with van der Waals surface area (Å²) in [5.74, 6) is 1.51. The predicted molar refractivity (Wildman–Crippen MR) is 98.9 cm³/mol. The fraction of sp³-hybridized carbons (Fsp3) is 0.562. The van der Waals surface area contributed by atoms with E-state index in [-0.39, 0.29) is 36.3 Å². The number of ether oxygens (including phenoxy) is 1. The molecule has 24 heavy (non-hydrogen) atoms. The molecular formula is C16H23F3IN3O. The highest BCUT2D eigenvalue weighted by atomic mass is 127. The summed E-state index contributed by atoms with van der Waals surface area (Å²) in [5, 5.41) is 6.44. The van der Waals surface area contributed by atoms with Gasteiger partial charge >= 0.3 is 6.18 Å². The van der Waals surface area contributed by atoms with Crippen LogP contribution in [0.1, 0.15) is 25.8 Å². The summed E-state index contributed by atoms with van der Waals surface area (Å²) in [5.41, 5.74) is 0.623. The average Bonchev–Trinajstić information content (AvgIpc) is 3.18. The van der Waals surface area contributed by atoms with Crippen LogP contribution in [0.15, 0.2) is 29.3 Å². The Balaban J connectivity index is 0.00000288. The Morgan fingerprint density at radius 1 is 1.33 bits per heavy atom. The van der Waals surface area contributed by atoms with Gasteiger partial charge in [-0.25, -0.2) is 4.99 Å². The molecule has 0 amide bonds. The lowest BCUT2D eigenvalue weighted by Gasteiger charge is -2.13. The van der Waals surface area contributed by atoms with Crippen molar-refractivity contribution in [3.05, 3.63) is 29.8 Å². The molecule has 4 nitrogen and oxygen atoms in total. The largest absolute Gasteiger partial charge is 0.484 e. The van der Waals surface area contributed by atoms with E-state index in [0.29, 0.717) is 23.5 Å². The molecule has 0 aromatic heterocycles. The van der Waals surface area contributed by atoms with E-state index in [2.05, 4.69) is 22.5 Å². The molecule has 1 aromatic carbocycles. The zero-order chi connectivity index (χ0) is 16.9. The van der Waals surface area contributed by atoms with Gasteiger partial charge in [0.25, 0.3) is 0 Å². The quantitative estimate of drug-likeness (QED) is 0.389. The fourth-order valence-corrected chi connectivity index (χ4v) is 2.12. The molecular weight excluding hydrogens is 434 g/mol. The minimum Gasteiger partial charge on any atom is -0.484 e. The predicted octanol–water partition coefficient (Wildman–Crippen LogP) is 3.71. The summed E-state index contributed by atoms with van der Waals surface area (Å²) in [6, 6.07) is 7.07. The number of benzene rings is 1. The van der Waals surface area contributed by atoms with Gasteiger partial charge in [0.1, 0.15) is 5.75 Å². The van der Waals surface area contributed by atoms with Crippen LogP contribution in [0.2, 0.25) is 0 Å². The number of hydrogen-bond donors (Lipinski definition) is 2. The van der Waals surface area contributed by atoms with E-state index < -0.39 is 12.8 Å². The second-order valence-electron chi connectivity index (χ2n) is 5.67. The first-order chi connectivity index (χ1) is 10.9. The number of nitrogens with zero attached hydrogens (tertiary/aromatic N) is 1. The molecule has 0 bridgehead atoms. The third-order valence-corrected chi connectivity index (χ3v) is 3.55. The van der Waals surface area contributed by atoms with E-state index >= 15 is 0 Å². The molecule has 0 aliphatic heterocycles. The third kappa shape index (κ3) is 7.14. The van der Waals surface area contributed by atoms with Gasteiger partial charge in [-0.1, -0.05) is 25.1 Å². The smallest absolute Gasteiger partial charge is 0.422 e. The van der Waals surface area contributed by atoms with Crippen molar-refractivity contribution in [1.29, 1.82) is 0 Å². The summed E-state index contributed by atoms with van der Waals surface area (Å²) in [4.78, 5) is 4.44. The lowest BCUT2D eigenvalue weighted by Crippen LogP contribution is -2.39. The number of para-hydroxylation sites is 1. The van der Waals surface area contributed by atoms with Gasteiger partial charge in [0.15, 0.2) is 12.6 Å². The van der Waals surface area contributed by atoms with Crippen LogP contribution in [0.25, 0.3) is 0 Å². The van der Waals surface area contributed by atoms with Crippen molar-refractivity contribution in [3.63, 3.8) is 0 Å². The number of halogens is 4. The molecule has 1 saturated carbocycles. The normalized spacial score (nSPS) is 20.1. The molecule has 1 aromatic rings. The number of alkyl halides is 3. The third-order valence-electron chi connectivity index (χ3n) is 3.55. The Morgan fingerprint density at radius 2 is 2.00 bits per heavy atom. The summed E-state index contributed by atoms with van der Waals surface area (Å²) < 4.78 is 41.8. The van der Waals surface area contributed by atoms with E-state index in [4.69, 9.17) is 4.74 Å². The monoisotopic (exact) mass is 457 g/mol. The van der Waals surface area contributed by atoms with Crippen LogP contribution in [0, 0.1) is 5.92 Å². The van der Waals surface area contributed by atoms with E-state index in [1.165, 1.54) is 6.07 Å². The summed E-state index contributed by atoms with van der Waals surface area (Å²) in [7, 11) is 0. The number of hydrogen-bond acceptors (Lipinski definition) is 2. The topological polar surface area (TPSA) is 45.7 Å². The minimum atomic E-state index is -4.35. The van der Waals surface area contributed by atoms with Crippen LogP contribution in [0.4, 0.5) is 13.2 Å². The Hall–Kier alpha value is -1.19. The van der Waals surface area contributed by atoms with Gasteiger partial charge in [-0.2, -0.15) is 13.2 Å². The molecule has 1 fully saturated rings. The highest BCUT2D eigenvalue weighted by Gasteiger charge is 2.33. The van der Waals surface area contributed by atoms with Gasteiger partial charge in [0.05, 0.1) is 6.54 Å². The van der Waals surface area contributed by atoms with Gasteiger partial charge < -0.3 is 15.4 Å². The first-order valence-corrected chi connectivity index (χ1v) is 7.71. The van der Waals surface area contributed by atoms with Crippen LogP contribution in [-0.4, -0.2) is 31.3 Å². The number of aliphatic imine (C=N–C) groups is 1. The molecule has 136 valence electrons. The van der Waals surface area contributed by atoms with Crippen molar-refractivity contribution in [3.8, 4) is 5.75 Å². The lowest BCUT2D eigenvalue weighted by molar-refractivity contribution is -0.153. The zero-order valence-electron chi connectivity index (χ0n) is 13.7. The van der Waals surface area contributed by atoms with E-state index in [0.717, 1.165) is 13.0 Å². The molecule has 2 unspecified atom stereocenters. The van der Waals surface area contributed by atoms with Crippen LogP contribution in [0.5, 0.6) is 5.75 Å². The Morgan fingerprint density at radius 3 is 2.58 bits per heavy atom. The first-order valence-electron chi connectivity index (χ1n) is 7.71. The molecule has 1 aliphatic carbocycles. The second-order valence-corrected chi connectivity index (χ2v) is 5.67. The van der Waals surface area contributed by atoms with Crippen molar-refractivity contribution in [2.24, 2.45) is 10.9 Å². The van der Waals surface area contributed by atoms with E-state index in [1.807, 2.05) is 6.92 Å². The molecule has 2 N–H and O–H groups in total. The fourth-order valence-electron chi connectivity index (χ4n) is 2.12. The highest BCUT2D eigenvalue weighted by Crippen LogP contribution is 2.29. The molecule has 8 heteroatoms. The molecule has 1 aliphatic rings. The van der Waals surface area contributed by atoms with Crippen LogP contribution in [0.3, 0.4) is 0 Å². The Labute approximate surface area is 157 Å². The summed E-state index contributed by atoms with van der Waals surface area (Å²) in [6.45, 7) is 3.80. The van der Waals surface area contributed by atoms with Crippen LogP contribution in [-0.2, 0) is 6.54 Å². The number of rotatable bonds is 6. The van der Waals surface area contributed by atoms with Crippen molar-refractivity contribution in [1.82, 2.24) is 10.6 Å². The van der Waals surface area contributed by atoms with Crippen molar-refractivity contribution in [2.45, 2.75) is 39.0 Å². The van der Waals surface area contributed by atoms with Gasteiger partial charge in [-0.05, 0) is 25.3 Å². The van der Waals surface area contributed by atoms with E-state index in [1.54, 1.807) is 18.2 Å². The molecule has 0 spiro atoms. The summed E-state index contributed by atoms with van der Waals surface area (Å²) in [6.07, 6.45) is -3.25. The van der Waals surface area contributed by atoms with Crippen molar-refractivity contribution < 1.29 is 17.9 Å². The standard InChI is InChI=1S/C16H22F3N3O.HI/c1-3-20-15(22-13-8-11(13)2)21-9-12-6-4-5-7-14(12)23-10-16(17,18)19;/h4-7,11,13H,3,8-10H2,1-2H3,(H2,20,21,22);1H. The van der Waals surface area contributed by atoms with Gasteiger partial charge in [-0.15, -0.1) is 24.0 Å². The molecule has 0 saturated heterocycles. The number of guanidine groups is 1. The van der Waals surface area contributed by atoms with Gasteiger partial charge in [0, 0.05) is 18.2 Å². The Kier molecular flexibility index (Phi) is 8.11. The maximum atomic E-state index is 12.3. The van der Waals surface area contributed by atoms with Crippen molar-refractivity contribution in [2.75, 3.05) is 13.2 Å². The maximum absolute atomic E-state index is 12.3. The van der Waals surface area contributed by atoms with Gasteiger partial charge in [-0.3, -0.25) is 0 Å². The van der Waals surface area contributed by atoms with Crippen LogP contribution < -0.4 is 15.4 Å². The highest BCUT2D eigenvalue weighted by molar-refractivity contribution is 14.0. The van der Waals surface area contributed by atoms with Crippen LogP contribution >= 0.6 is 24.0 Å². The van der Waals surface area contributed by atoms with Crippen molar-refractivity contribution >= 4 is 29.9 Å². The molecule has 2 rings (SSSR count). The lowest BCUT2D eigenvalue weighted by atomic mass is 10.2. The summed E-state index contributed by atoms with van der Waals surface area (Å²) >= 11 is 0. The average molecular weight is 457 g/mol. The maximum Gasteiger partial charge on any atom is 0.422 e. The Bertz CT molecular complexity index is 552. The molecule has 0 radical (unpaired) electrons. The van der Waals surface area contributed by atoms with E-state index in [9.17, 15) is 13.2 Å². The zero-order valence-corrected chi connectivity index (χ0v) is 16.0. The minimum absolute atomic E-state index is 0. The SMILES string of the molecule is CCNC(=NCc1ccccc1OCC(F)(F)F)NC1CC1C.I.